The van der Waals surface area contributed by atoms with E-state index in [2.05, 4.69) is 26.1 Å². The number of hydrogen-bond acceptors (Lipinski definition) is 2. The molecule has 0 radical (unpaired) electrons. The summed E-state index contributed by atoms with van der Waals surface area (Å²) in [5.41, 5.74) is 1.97. The van der Waals surface area contributed by atoms with Crippen LogP contribution in [0.3, 0.4) is 0 Å². The van der Waals surface area contributed by atoms with Gasteiger partial charge in [0.2, 0.25) is 0 Å². The minimum absolute atomic E-state index is 0.0430. The average molecular weight is 228 g/mol. The zero-order valence-electron chi connectivity index (χ0n) is 9.47. The number of nitrogens with one attached hydrogen (secondary N) is 1. The van der Waals surface area contributed by atoms with Gasteiger partial charge in [-0.3, -0.25) is 0 Å². The normalized spacial score (nSPS) is 11.5. The van der Waals surface area contributed by atoms with Crippen LogP contribution >= 0.6 is 11.6 Å². The lowest BCUT2D eigenvalue weighted by Crippen LogP contribution is -2.19. The first kappa shape index (κ1) is 12.3. The first-order chi connectivity index (χ1) is 6.92. The number of halogens is 1. The van der Waals surface area contributed by atoms with Crippen LogP contribution in [0, 0.1) is 5.41 Å². The van der Waals surface area contributed by atoms with Crippen LogP contribution in [0.2, 0.25) is 5.02 Å². The summed E-state index contributed by atoms with van der Waals surface area (Å²) >= 11 is 6.04. The highest BCUT2D eigenvalue weighted by molar-refractivity contribution is 6.33. The van der Waals surface area contributed by atoms with Gasteiger partial charge in [0.05, 0.1) is 17.3 Å². The summed E-state index contributed by atoms with van der Waals surface area (Å²) in [5.74, 6) is 0. The molecule has 0 atom stereocenters. The van der Waals surface area contributed by atoms with Gasteiger partial charge in [-0.2, -0.15) is 0 Å². The second-order valence-corrected chi connectivity index (χ2v) is 5.29. The summed E-state index contributed by atoms with van der Waals surface area (Å²) in [6, 6.07) is 5.51. The third-order valence-corrected chi connectivity index (χ3v) is 2.35. The fourth-order valence-corrected chi connectivity index (χ4v) is 1.35. The monoisotopic (exact) mass is 227 g/mol. The third-order valence-electron chi connectivity index (χ3n) is 2.02. The maximum atomic E-state index is 9.01. The Morgan fingerprint density at radius 2 is 2.00 bits per heavy atom. The molecule has 0 aliphatic heterocycles. The largest absolute Gasteiger partial charge is 0.392 e. The second kappa shape index (κ2) is 4.86. The molecule has 0 saturated carbocycles. The number of aliphatic hydroxyl groups is 1. The van der Waals surface area contributed by atoms with Gasteiger partial charge in [-0.25, -0.2) is 0 Å². The second-order valence-electron chi connectivity index (χ2n) is 4.89. The summed E-state index contributed by atoms with van der Waals surface area (Å²) < 4.78 is 0. The summed E-state index contributed by atoms with van der Waals surface area (Å²) in [4.78, 5) is 0. The van der Waals surface area contributed by atoms with Crippen molar-refractivity contribution in [2.24, 2.45) is 5.41 Å². The molecule has 0 aliphatic carbocycles. The van der Waals surface area contributed by atoms with Crippen LogP contribution in [0.4, 0.5) is 5.69 Å². The maximum Gasteiger partial charge on any atom is 0.0682 e. The molecule has 84 valence electrons. The lowest BCUT2D eigenvalue weighted by atomic mass is 9.97. The van der Waals surface area contributed by atoms with Gasteiger partial charge in [-0.15, -0.1) is 0 Å². The predicted octanol–water partition coefficient (Wildman–Crippen LogP) is 3.29. The minimum atomic E-state index is 0.0430. The van der Waals surface area contributed by atoms with Gasteiger partial charge in [0.15, 0.2) is 0 Å². The number of benzene rings is 1. The molecule has 0 aromatic heterocycles. The topological polar surface area (TPSA) is 32.3 Å². The van der Waals surface area contributed by atoms with Crippen molar-refractivity contribution in [1.82, 2.24) is 0 Å². The maximum absolute atomic E-state index is 9.01. The summed E-state index contributed by atoms with van der Waals surface area (Å²) in [7, 11) is 0. The molecule has 1 rings (SSSR count). The molecular weight excluding hydrogens is 210 g/mol. The van der Waals surface area contributed by atoms with Crippen LogP contribution in [0.15, 0.2) is 18.2 Å². The SMILES string of the molecule is CC(C)(C)CNc1cc(CO)ccc1Cl. The standard InChI is InChI=1S/C12H18ClNO/c1-12(2,3)8-14-11-6-9(7-15)4-5-10(11)13/h4-6,14-15H,7-8H2,1-3H3. The van der Waals surface area contributed by atoms with Crippen molar-refractivity contribution in [3.05, 3.63) is 28.8 Å². The Morgan fingerprint density at radius 3 is 2.53 bits per heavy atom. The van der Waals surface area contributed by atoms with Crippen molar-refractivity contribution >= 4 is 17.3 Å². The fraction of sp³-hybridized carbons (Fsp3) is 0.500. The van der Waals surface area contributed by atoms with Gasteiger partial charge in [-0.05, 0) is 23.1 Å². The fourth-order valence-electron chi connectivity index (χ4n) is 1.17. The van der Waals surface area contributed by atoms with E-state index in [1.54, 1.807) is 6.07 Å². The van der Waals surface area contributed by atoms with Gasteiger partial charge in [-0.1, -0.05) is 38.4 Å². The molecule has 3 heteroatoms. The van der Waals surface area contributed by atoms with Crippen LogP contribution in [-0.2, 0) is 6.61 Å². The van der Waals surface area contributed by atoms with Crippen molar-refractivity contribution in [3.63, 3.8) is 0 Å². The molecule has 0 spiro atoms. The Kier molecular flexibility index (Phi) is 4.00. The molecule has 1 aromatic rings. The Balaban J connectivity index is 2.75. The van der Waals surface area contributed by atoms with Crippen LogP contribution in [0.1, 0.15) is 26.3 Å². The van der Waals surface area contributed by atoms with E-state index in [0.717, 1.165) is 17.8 Å². The van der Waals surface area contributed by atoms with E-state index in [1.807, 2.05) is 12.1 Å². The number of rotatable bonds is 3. The van der Waals surface area contributed by atoms with E-state index in [-0.39, 0.29) is 12.0 Å². The zero-order chi connectivity index (χ0) is 11.5. The van der Waals surface area contributed by atoms with Gasteiger partial charge < -0.3 is 10.4 Å². The smallest absolute Gasteiger partial charge is 0.0682 e. The predicted molar refractivity (Wildman–Crippen MR) is 65.3 cm³/mol. The van der Waals surface area contributed by atoms with Crippen LogP contribution < -0.4 is 5.32 Å². The highest BCUT2D eigenvalue weighted by atomic mass is 35.5. The van der Waals surface area contributed by atoms with Crippen molar-refractivity contribution in [2.45, 2.75) is 27.4 Å². The first-order valence-corrected chi connectivity index (χ1v) is 5.43. The quantitative estimate of drug-likeness (QED) is 0.831. The Morgan fingerprint density at radius 1 is 1.33 bits per heavy atom. The van der Waals surface area contributed by atoms with Gasteiger partial charge >= 0.3 is 0 Å². The lowest BCUT2D eigenvalue weighted by molar-refractivity contribution is 0.282. The number of hydrogen-bond donors (Lipinski definition) is 2. The van der Waals surface area contributed by atoms with Crippen molar-refractivity contribution in [3.8, 4) is 0 Å². The molecule has 2 nitrogen and oxygen atoms in total. The van der Waals surface area contributed by atoms with Gasteiger partial charge in [0.1, 0.15) is 0 Å². The van der Waals surface area contributed by atoms with E-state index in [9.17, 15) is 0 Å². The molecular formula is C12H18ClNO. The molecule has 1 aromatic carbocycles. The zero-order valence-corrected chi connectivity index (χ0v) is 10.2. The Hall–Kier alpha value is -0.730. The van der Waals surface area contributed by atoms with Crippen LogP contribution in [0.5, 0.6) is 0 Å². The number of anilines is 1. The summed E-state index contributed by atoms with van der Waals surface area (Å²) in [6.45, 7) is 7.36. The van der Waals surface area contributed by atoms with E-state index in [4.69, 9.17) is 16.7 Å². The minimum Gasteiger partial charge on any atom is -0.392 e. The molecule has 0 saturated heterocycles. The Bertz CT molecular complexity index is 331. The van der Waals surface area contributed by atoms with E-state index >= 15 is 0 Å². The van der Waals surface area contributed by atoms with Gasteiger partial charge in [0, 0.05) is 6.54 Å². The highest BCUT2D eigenvalue weighted by Gasteiger charge is 2.10. The van der Waals surface area contributed by atoms with E-state index < -0.39 is 0 Å². The average Bonchev–Trinajstić information content (AvgIpc) is 2.15. The van der Waals surface area contributed by atoms with Crippen LogP contribution in [0.25, 0.3) is 0 Å². The van der Waals surface area contributed by atoms with E-state index in [0.29, 0.717) is 5.02 Å². The van der Waals surface area contributed by atoms with E-state index in [1.165, 1.54) is 0 Å². The van der Waals surface area contributed by atoms with Gasteiger partial charge in [0.25, 0.3) is 0 Å². The lowest BCUT2D eigenvalue weighted by Gasteiger charge is -2.20. The Labute approximate surface area is 96.3 Å². The summed E-state index contributed by atoms with van der Waals surface area (Å²) in [5, 5.41) is 13.0. The van der Waals surface area contributed by atoms with Crippen molar-refractivity contribution < 1.29 is 5.11 Å². The third kappa shape index (κ3) is 4.10. The number of aliphatic hydroxyl groups excluding tert-OH is 1. The molecule has 15 heavy (non-hydrogen) atoms. The molecule has 0 aliphatic rings. The molecule has 0 amide bonds. The van der Waals surface area contributed by atoms with Crippen molar-refractivity contribution in [1.29, 1.82) is 0 Å². The van der Waals surface area contributed by atoms with Crippen molar-refractivity contribution in [2.75, 3.05) is 11.9 Å². The molecule has 0 heterocycles. The molecule has 0 bridgehead atoms. The molecule has 2 N–H and O–H groups in total. The highest BCUT2D eigenvalue weighted by Crippen LogP contribution is 2.24. The first-order valence-electron chi connectivity index (χ1n) is 5.05. The molecule has 0 fully saturated rings. The van der Waals surface area contributed by atoms with Crippen LogP contribution in [-0.4, -0.2) is 11.7 Å². The summed E-state index contributed by atoms with van der Waals surface area (Å²) in [6.07, 6.45) is 0. The molecule has 0 unspecified atom stereocenters.